The number of aliphatic hydroxyl groups is 1. The molecule has 1 atom stereocenters. The second kappa shape index (κ2) is 5.98. The van der Waals surface area contributed by atoms with E-state index in [0.717, 1.165) is 11.9 Å². The number of aliphatic hydroxyl groups excluding tert-OH is 1. The third-order valence-electron chi connectivity index (χ3n) is 2.76. The summed E-state index contributed by atoms with van der Waals surface area (Å²) < 4.78 is 0. The van der Waals surface area contributed by atoms with Crippen molar-refractivity contribution < 1.29 is 19.8 Å². The lowest BCUT2D eigenvalue weighted by molar-refractivity contribution is 0.0684. The molecule has 0 aliphatic rings. The van der Waals surface area contributed by atoms with Gasteiger partial charge in [-0.1, -0.05) is 30.3 Å². The van der Waals surface area contributed by atoms with Crippen LogP contribution in [0.1, 0.15) is 32.6 Å². The Morgan fingerprint density at radius 3 is 2.60 bits per heavy atom. The zero-order valence-electron chi connectivity index (χ0n) is 10.4. The highest BCUT2D eigenvalue weighted by Gasteiger charge is 2.22. The minimum atomic E-state index is -1.27. The van der Waals surface area contributed by atoms with Crippen LogP contribution in [0.3, 0.4) is 0 Å². The molecule has 1 aromatic heterocycles. The zero-order valence-corrected chi connectivity index (χ0v) is 10.4. The fourth-order valence-electron chi connectivity index (χ4n) is 1.78. The van der Waals surface area contributed by atoms with E-state index in [4.69, 9.17) is 5.11 Å². The Balaban J connectivity index is 2.18. The molecule has 0 radical (unpaired) electrons. The molecule has 1 amide bonds. The van der Waals surface area contributed by atoms with E-state index in [1.807, 2.05) is 6.07 Å². The van der Waals surface area contributed by atoms with Gasteiger partial charge in [0.25, 0.3) is 5.91 Å². The van der Waals surface area contributed by atoms with Crippen LogP contribution in [-0.4, -0.2) is 38.7 Å². The van der Waals surface area contributed by atoms with Crippen molar-refractivity contribution in [2.75, 3.05) is 6.61 Å². The van der Waals surface area contributed by atoms with Gasteiger partial charge in [-0.25, -0.2) is 9.78 Å². The molecule has 0 fully saturated rings. The van der Waals surface area contributed by atoms with E-state index < -0.39 is 17.9 Å². The first-order chi connectivity index (χ1) is 9.63. The van der Waals surface area contributed by atoms with Crippen LogP contribution in [0.4, 0.5) is 0 Å². The molecule has 2 aromatic rings. The zero-order chi connectivity index (χ0) is 14.5. The summed E-state index contributed by atoms with van der Waals surface area (Å²) in [5.74, 6) is -1.93. The number of carboxylic acids is 1. The number of hydrogen-bond acceptors (Lipinski definition) is 4. The number of hydrogen-bond donors (Lipinski definition) is 4. The van der Waals surface area contributed by atoms with E-state index in [-0.39, 0.29) is 18.0 Å². The van der Waals surface area contributed by atoms with E-state index in [1.165, 1.54) is 0 Å². The Bertz CT molecular complexity index is 609. The fraction of sp³-hybridized carbons (Fsp3) is 0.154. The molecule has 1 aromatic carbocycles. The van der Waals surface area contributed by atoms with Gasteiger partial charge in [-0.2, -0.15) is 0 Å². The van der Waals surface area contributed by atoms with Crippen molar-refractivity contribution in [1.29, 1.82) is 0 Å². The smallest absolute Gasteiger partial charge is 0.354 e. The largest absolute Gasteiger partial charge is 0.477 e. The molecule has 0 saturated heterocycles. The molecular formula is C13H13N3O4. The molecule has 0 aliphatic heterocycles. The van der Waals surface area contributed by atoms with Crippen LogP contribution in [0.5, 0.6) is 0 Å². The van der Waals surface area contributed by atoms with E-state index in [0.29, 0.717) is 0 Å². The lowest BCUT2D eigenvalue weighted by atomic mass is 10.1. The summed E-state index contributed by atoms with van der Waals surface area (Å²) in [6.07, 6.45) is 1.13. The molecule has 0 saturated carbocycles. The summed E-state index contributed by atoms with van der Waals surface area (Å²) in [7, 11) is 0. The molecule has 2 rings (SSSR count). The number of nitrogens with zero attached hydrogens (tertiary/aromatic N) is 1. The van der Waals surface area contributed by atoms with Gasteiger partial charge >= 0.3 is 5.97 Å². The number of carbonyl (C=O) groups is 2. The molecule has 0 aliphatic carbocycles. The molecule has 20 heavy (non-hydrogen) atoms. The summed E-state index contributed by atoms with van der Waals surface area (Å²) in [4.78, 5) is 29.0. The van der Waals surface area contributed by atoms with E-state index in [2.05, 4.69) is 15.3 Å². The van der Waals surface area contributed by atoms with Gasteiger partial charge in [-0.3, -0.25) is 4.79 Å². The minimum absolute atomic E-state index is 0.216. The van der Waals surface area contributed by atoms with Crippen LogP contribution in [0.15, 0.2) is 36.7 Å². The summed E-state index contributed by atoms with van der Waals surface area (Å²) in [5, 5.41) is 20.8. The molecule has 0 bridgehead atoms. The summed E-state index contributed by atoms with van der Waals surface area (Å²) in [5.41, 5.74) is 0.217. The SMILES string of the molecule is O=C(N[C@H](CO)c1ccccc1)c1nc[nH]c1C(=O)O. The first-order valence-corrected chi connectivity index (χ1v) is 5.86. The predicted octanol–water partition coefficient (Wildman–Crippen LogP) is 0.571. The number of H-pyrrole nitrogens is 1. The molecular weight excluding hydrogens is 262 g/mol. The monoisotopic (exact) mass is 275 g/mol. The number of carbonyl (C=O) groups excluding carboxylic acids is 1. The molecule has 0 unspecified atom stereocenters. The summed E-state index contributed by atoms with van der Waals surface area (Å²) in [6.45, 7) is -0.303. The highest BCUT2D eigenvalue weighted by atomic mass is 16.4. The van der Waals surface area contributed by atoms with Crippen LogP contribution in [-0.2, 0) is 0 Å². The lowest BCUT2D eigenvalue weighted by Gasteiger charge is -2.16. The van der Waals surface area contributed by atoms with Crippen molar-refractivity contribution >= 4 is 11.9 Å². The third kappa shape index (κ3) is 2.83. The van der Waals surface area contributed by atoms with E-state index in [9.17, 15) is 14.7 Å². The molecule has 4 N–H and O–H groups in total. The number of aromatic nitrogens is 2. The van der Waals surface area contributed by atoms with Crippen LogP contribution >= 0.6 is 0 Å². The van der Waals surface area contributed by atoms with Gasteiger partial charge in [0.2, 0.25) is 0 Å². The Morgan fingerprint density at radius 1 is 1.30 bits per heavy atom. The van der Waals surface area contributed by atoms with Crippen LogP contribution in [0, 0.1) is 0 Å². The van der Waals surface area contributed by atoms with Gasteiger partial charge in [0.15, 0.2) is 11.4 Å². The van der Waals surface area contributed by atoms with Crippen molar-refractivity contribution in [2.24, 2.45) is 0 Å². The number of aromatic carboxylic acids is 1. The van der Waals surface area contributed by atoms with Crippen LogP contribution < -0.4 is 5.32 Å². The molecule has 0 spiro atoms. The average molecular weight is 275 g/mol. The van der Waals surface area contributed by atoms with Gasteiger partial charge in [0.1, 0.15) is 0 Å². The lowest BCUT2D eigenvalue weighted by Crippen LogP contribution is -2.32. The molecule has 104 valence electrons. The van der Waals surface area contributed by atoms with Crippen molar-refractivity contribution in [2.45, 2.75) is 6.04 Å². The molecule has 7 nitrogen and oxygen atoms in total. The summed E-state index contributed by atoms with van der Waals surface area (Å²) in [6, 6.07) is 8.26. The average Bonchev–Trinajstić information content (AvgIpc) is 2.95. The number of aromatic amines is 1. The Kier molecular flexibility index (Phi) is 4.11. The predicted molar refractivity (Wildman–Crippen MR) is 69.3 cm³/mol. The van der Waals surface area contributed by atoms with E-state index >= 15 is 0 Å². The van der Waals surface area contributed by atoms with E-state index in [1.54, 1.807) is 24.3 Å². The number of benzene rings is 1. The van der Waals surface area contributed by atoms with Crippen molar-refractivity contribution in [3.05, 3.63) is 53.6 Å². The van der Waals surface area contributed by atoms with Gasteiger partial charge in [0.05, 0.1) is 19.0 Å². The number of imidazole rings is 1. The standard InChI is InChI=1S/C13H13N3O4/c17-6-9(8-4-2-1-3-5-8)16-12(18)10-11(13(19)20)15-7-14-10/h1-5,7,9,17H,6H2,(H,14,15)(H,16,18)(H,19,20)/t9-/m1/s1. The second-order valence-electron chi connectivity index (χ2n) is 4.05. The van der Waals surface area contributed by atoms with Crippen molar-refractivity contribution in [3.8, 4) is 0 Å². The van der Waals surface area contributed by atoms with Gasteiger partial charge in [-0.05, 0) is 5.56 Å². The topological polar surface area (TPSA) is 115 Å². The number of nitrogens with one attached hydrogen (secondary N) is 2. The molecule has 7 heteroatoms. The minimum Gasteiger partial charge on any atom is -0.477 e. The van der Waals surface area contributed by atoms with Gasteiger partial charge in [0, 0.05) is 0 Å². The van der Waals surface area contributed by atoms with Crippen LogP contribution in [0.25, 0.3) is 0 Å². The van der Waals surface area contributed by atoms with Gasteiger partial charge < -0.3 is 20.5 Å². The number of carboxylic acid groups (broad SMARTS) is 1. The maximum Gasteiger partial charge on any atom is 0.354 e. The number of amides is 1. The fourth-order valence-corrected chi connectivity index (χ4v) is 1.78. The third-order valence-corrected chi connectivity index (χ3v) is 2.76. The van der Waals surface area contributed by atoms with Crippen LogP contribution in [0.2, 0.25) is 0 Å². The van der Waals surface area contributed by atoms with Crippen molar-refractivity contribution in [1.82, 2.24) is 15.3 Å². The summed E-state index contributed by atoms with van der Waals surface area (Å²) >= 11 is 0. The Labute approximate surface area is 114 Å². The first kappa shape index (κ1) is 13.8. The van der Waals surface area contributed by atoms with Gasteiger partial charge in [-0.15, -0.1) is 0 Å². The Hall–Kier alpha value is -2.67. The quantitative estimate of drug-likeness (QED) is 0.636. The highest BCUT2D eigenvalue weighted by molar-refractivity contribution is 6.02. The molecule has 1 heterocycles. The first-order valence-electron chi connectivity index (χ1n) is 5.86. The maximum atomic E-state index is 12.0. The maximum absolute atomic E-state index is 12.0. The highest BCUT2D eigenvalue weighted by Crippen LogP contribution is 2.13. The van der Waals surface area contributed by atoms with Crippen molar-refractivity contribution in [3.63, 3.8) is 0 Å². The Morgan fingerprint density at radius 2 is 2.00 bits per heavy atom. The number of rotatable bonds is 5. The second-order valence-corrected chi connectivity index (χ2v) is 4.05. The normalized spacial score (nSPS) is 11.8.